The van der Waals surface area contributed by atoms with E-state index in [1.54, 1.807) is 6.07 Å². The number of hydrogen-bond acceptors (Lipinski definition) is 3. The fourth-order valence-electron chi connectivity index (χ4n) is 2.90. The number of carboxylic acids is 1. The molecule has 0 amide bonds. The zero-order chi connectivity index (χ0) is 17.9. The number of ether oxygens (including phenoxy) is 1. The smallest absolute Gasteiger partial charge is 0.371 e. The van der Waals surface area contributed by atoms with Gasteiger partial charge in [0.25, 0.3) is 0 Å². The van der Waals surface area contributed by atoms with E-state index in [2.05, 4.69) is 32.9 Å². The fraction of sp³-hybridized carbons (Fsp3) is 0.450. The first-order valence-corrected chi connectivity index (χ1v) is 8.37. The molecule has 0 radical (unpaired) electrons. The second-order valence-corrected chi connectivity index (χ2v) is 6.57. The molecule has 0 aliphatic heterocycles. The summed E-state index contributed by atoms with van der Waals surface area (Å²) in [6.07, 6.45) is 2.18. The Balaban J connectivity index is 2.20. The molecule has 1 N–H and O–H groups in total. The average molecular weight is 330 g/mol. The molecule has 0 spiro atoms. The van der Waals surface area contributed by atoms with Gasteiger partial charge in [-0.2, -0.15) is 0 Å². The predicted octanol–water partition coefficient (Wildman–Crippen LogP) is 5.25. The van der Waals surface area contributed by atoms with E-state index in [4.69, 9.17) is 14.3 Å². The summed E-state index contributed by atoms with van der Waals surface area (Å²) in [6.45, 7) is 11.0. The van der Waals surface area contributed by atoms with Gasteiger partial charge in [-0.1, -0.05) is 32.9 Å². The first-order valence-electron chi connectivity index (χ1n) is 8.37. The van der Waals surface area contributed by atoms with Crippen molar-refractivity contribution in [2.24, 2.45) is 0 Å². The van der Waals surface area contributed by atoms with Crippen LogP contribution in [0.3, 0.4) is 0 Å². The molecule has 0 saturated heterocycles. The van der Waals surface area contributed by atoms with E-state index in [0.717, 1.165) is 29.7 Å². The van der Waals surface area contributed by atoms with Crippen molar-refractivity contribution in [3.8, 4) is 5.75 Å². The standard InChI is InChI=1S/C20H26O4/c1-6-20(5,7-2)15-10-13(3)18(14(4)11-15)23-12-16-8-9-17(24-16)19(21)22/h8-11H,6-7,12H2,1-5H3,(H,21,22). The van der Waals surface area contributed by atoms with E-state index in [0.29, 0.717) is 5.76 Å². The summed E-state index contributed by atoms with van der Waals surface area (Å²) in [5.74, 6) is 0.194. The van der Waals surface area contributed by atoms with Crippen molar-refractivity contribution >= 4 is 5.97 Å². The molecule has 1 aromatic heterocycles. The molecule has 4 nitrogen and oxygen atoms in total. The maximum atomic E-state index is 10.9. The first-order chi connectivity index (χ1) is 11.3. The molecule has 130 valence electrons. The summed E-state index contributed by atoms with van der Waals surface area (Å²) in [4.78, 5) is 10.9. The van der Waals surface area contributed by atoms with Crippen molar-refractivity contribution in [1.29, 1.82) is 0 Å². The van der Waals surface area contributed by atoms with Gasteiger partial charge in [-0.05, 0) is 60.9 Å². The Bertz CT molecular complexity index is 700. The normalized spacial score (nSPS) is 11.5. The van der Waals surface area contributed by atoms with Gasteiger partial charge in [0.05, 0.1) is 0 Å². The average Bonchev–Trinajstić information content (AvgIpc) is 3.02. The summed E-state index contributed by atoms with van der Waals surface area (Å²) in [5, 5.41) is 8.89. The van der Waals surface area contributed by atoms with Gasteiger partial charge in [-0.25, -0.2) is 4.79 Å². The highest BCUT2D eigenvalue weighted by atomic mass is 16.5. The third kappa shape index (κ3) is 3.64. The summed E-state index contributed by atoms with van der Waals surface area (Å²) in [5.41, 5.74) is 3.68. The zero-order valence-corrected chi connectivity index (χ0v) is 15.1. The van der Waals surface area contributed by atoms with Crippen LogP contribution in [-0.4, -0.2) is 11.1 Å². The van der Waals surface area contributed by atoms with E-state index >= 15 is 0 Å². The largest absolute Gasteiger partial charge is 0.485 e. The molecule has 24 heavy (non-hydrogen) atoms. The second-order valence-electron chi connectivity index (χ2n) is 6.57. The zero-order valence-electron chi connectivity index (χ0n) is 15.1. The van der Waals surface area contributed by atoms with Crippen molar-refractivity contribution in [3.05, 3.63) is 52.5 Å². The Hall–Kier alpha value is -2.23. The second kappa shape index (κ2) is 7.12. The molecule has 4 heteroatoms. The lowest BCUT2D eigenvalue weighted by molar-refractivity contribution is 0.0658. The number of furan rings is 1. The SMILES string of the molecule is CCC(C)(CC)c1cc(C)c(OCc2ccc(C(=O)O)o2)c(C)c1. The minimum atomic E-state index is -1.07. The molecule has 0 unspecified atom stereocenters. The van der Waals surface area contributed by atoms with Gasteiger partial charge in [-0.3, -0.25) is 0 Å². The topological polar surface area (TPSA) is 59.7 Å². The summed E-state index contributed by atoms with van der Waals surface area (Å²) >= 11 is 0. The number of aryl methyl sites for hydroxylation is 2. The maximum Gasteiger partial charge on any atom is 0.371 e. The van der Waals surface area contributed by atoms with Gasteiger partial charge >= 0.3 is 5.97 Å². The van der Waals surface area contributed by atoms with Crippen LogP contribution >= 0.6 is 0 Å². The summed E-state index contributed by atoms with van der Waals surface area (Å²) < 4.78 is 11.1. The number of benzene rings is 1. The number of hydrogen-bond donors (Lipinski definition) is 1. The Kier molecular flexibility index (Phi) is 5.37. The summed E-state index contributed by atoms with van der Waals surface area (Å²) in [6, 6.07) is 7.46. The molecule has 2 rings (SSSR count). The van der Waals surface area contributed by atoms with Crippen molar-refractivity contribution in [1.82, 2.24) is 0 Å². The van der Waals surface area contributed by atoms with Crippen LogP contribution < -0.4 is 4.74 Å². The lowest BCUT2D eigenvalue weighted by Gasteiger charge is -2.29. The highest BCUT2D eigenvalue weighted by Crippen LogP contribution is 2.35. The van der Waals surface area contributed by atoms with Gasteiger partial charge in [0, 0.05) is 0 Å². The first kappa shape index (κ1) is 18.1. The lowest BCUT2D eigenvalue weighted by atomic mass is 9.77. The lowest BCUT2D eigenvalue weighted by Crippen LogP contribution is -2.20. The molecular weight excluding hydrogens is 304 g/mol. The monoisotopic (exact) mass is 330 g/mol. The van der Waals surface area contributed by atoms with E-state index in [9.17, 15) is 4.79 Å². The van der Waals surface area contributed by atoms with Crippen molar-refractivity contribution < 1.29 is 19.1 Å². The van der Waals surface area contributed by atoms with Crippen molar-refractivity contribution in [3.63, 3.8) is 0 Å². The molecule has 0 aliphatic rings. The number of aromatic carboxylic acids is 1. The van der Waals surface area contributed by atoms with Gasteiger partial charge < -0.3 is 14.3 Å². The fourth-order valence-corrected chi connectivity index (χ4v) is 2.90. The van der Waals surface area contributed by atoms with Gasteiger partial charge in [0.15, 0.2) is 0 Å². The molecule has 1 heterocycles. The Morgan fingerprint density at radius 2 is 1.75 bits per heavy atom. The van der Waals surface area contributed by atoms with Gasteiger partial charge in [0.1, 0.15) is 18.1 Å². The van der Waals surface area contributed by atoms with Crippen molar-refractivity contribution in [2.75, 3.05) is 0 Å². The quantitative estimate of drug-likeness (QED) is 0.753. The highest BCUT2D eigenvalue weighted by Gasteiger charge is 2.24. The van der Waals surface area contributed by atoms with E-state index in [1.807, 2.05) is 13.8 Å². The van der Waals surface area contributed by atoms with Gasteiger partial charge in [0.2, 0.25) is 5.76 Å². The predicted molar refractivity (Wildman–Crippen MR) is 93.8 cm³/mol. The van der Waals surface area contributed by atoms with Crippen LogP contribution in [0.1, 0.15) is 66.6 Å². The molecule has 0 fully saturated rings. The van der Waals surface area contributed by atoms with E-state index < -0.39 is 5.97 Å². The summed E-state index contributed by atoms with van der Waals surface area (Å²) in [7, 11) is 0. The molecule has 1 aromatic carbocycles. The van der Waals surface area contributed by atoms with Crippen LogP contribution in [0.15, 0.2) is 28.7 Å². The number of carboxylic acid groups (broad SMARTS) is 1. The van der Waals surface area contributed by atoms with E-state index in [-0.39, 0.29) is 17.8 Å². The maximum absolute atomic E-state index is 10.9. The minimum absolute atomic E-state index is 0.0703. The van der Waals surface area contributed by atoms with Crippen LogP contribution in [0.25, 0.3) is 0 Å². The molecule has 0 atom stereocenters. The Morgan fingerprint density at radius 3 is 2.21 bits per heavy atom. The van der Waals surface area contributed by atoms with Crippen LogP contribution in [0, 0.1) is 13.8 Å². The van der Waals surface area contributed by atoms with Crippen LogP contribution in [0.4, 0.5) is 0 Å². The molecule has 0 bridgehead atoms. The number of rotatable bonds is 7. The molecule has 0 saturated carbocycles. The van der Waals surface area contributed by atoms with Crippen LogP contribution in [-0.2, 0) is 12.0 Å². The third-order valence-electron chi connectivity index (χ3n) is 4.95. The number of carbonyl (C=O) groups is 1. The van der Waals surface area contributed by atoms with Crippen molar-refractivity contribution in [2.45, 2.75) is 59.5 Å². The highest BCUT2D eigenvalue weighted by molar-refractivity contribution is 5.84. The van der Waals surface area contributed by atoms with Crippen LogP contribution in [0.2, 0.25) is 0 Å². The third-order valence-corrected chi connectivity index (χ3v) is 4.95. The van der Waals surface area contributed by atoms with Crippen LogP contribution in [0.5, 0.6) is 5.75 Å². The molecular formula is C20H26O4. The Labute approximate surface area is 143 Å². The molecule has 0 aliphatic carbocycles. The minimum Gasteiger partial charge on any atom is -0.485 e. The van der Waals surface area contributed by atoms with E-state index in [1.165, 1.54) is 11.6 Å². The molecule has 2 aromatic rings. The Morgan fingerprint density at radius 1 is 1.17 bits per heavy atom. The van der Waals surface area contributed by atoms with Gasteiger partial charge in [-0.15, -0.1) is 0 Å².